The smallest absolute Gasteiger partial charge is 0.225 e. The number of rotatable bonds is 5. The summed E-state index contributed by atoms with van der Waals surface area (Å²) in [6, 6.07) is 11.5. The summed E-state index contributed by atoms with van der Waals surface area (Å²) in [6.07, 6.45) is 1.30. The molecule has 5 heteroatoms. The number of carbonyl (C=O) groups excluding carboxylic acids is 1. The molecule has 0 saturated heterocycles. The van der Waals surface area contributed by atoms with Crippen molar-refractivity contribution in [2.45, 2.75) is 26.7 Å². The monoisotopic (exact) mass is 270 g/mol. The predicted octanol–water partition coefficient (Wildman–Crippen LogP) is 3.27. The van der Waals surface area contributed by atoms with Crippen LogP contribution in [0.5, 0.6) is 0 Å². The van der Waals surface area contributed by atoms with Gasteiger partial charge in [-0.2, -0.15) is 0 Å². The number of hydrogen-bond donors (Lipinski definition) is 2. The number of aromatic nitrogens is 2. The highest BCUT2D eigenvalue weighted by atomic mass is 16.1. The van der Waals surface area contributed by atoms with Gasteiger partial charge in [-0.3, -0.25) is 4.79 Å². The quantitative estimate of drug-likeness (QED) is 0.875. The van der Waals surface area contributed by atoms with Gasteiger partial charge in [0.05, 0.1) is 0 Å². The molecule has 1 heterocycles. The highest BCUT2D eigenvalue weighted by Crippen LogP contribution is 2.15. The first-order chi connectivity index (χ1) is 9.67. The second kappa shape index (κ2) is 6.65. The van der Waals surface area contributed by atoms with Gasteiger partial charge in [-0.25, -0.2) is 0 Å². The summed E-state index contributed by atoms with van der Waals surface area (Å²) in [6.45, 7) is 4.00. The van der Waals surface area contributed by atoms with Gasteiger partial charge in [0.1, 0.15) is 0 Å². The molecule has 0 bridgehead atoms. The molecular weight excluding hydrogens is 252 g/mol. The maximum absolute atomic E-state index is 11.4. The largest absolute Gasteiger partial charge is 0.339 e. The van der Waals surface area contributed by atoms with Gasteiger partial charge < -0.3 is 10.6 Å². The maximum atomic E-state index is 11.4. The van der Waals surface area contributed by atoms with E-state index in [1.54, 1.807) is 12.1 Å². The molecule has 0 fully saturated rings. The molecule has 1 aromatic heterocycles. The van der Waals surface area contributed by atoms with Gasteiger partial charge in [-0.15, -0.1) is 10.2 Å². The van der Waals surface area contributed by atoms with E-state index in [1.807, 2.05) is 38.1 Å². The van der Waals surface area contributed by atoms with Crippen molar-refractivity contribution in [1.82, 2.24) is 10.2 Å². The standard InChI is InChI=1S/C15H18N4O/c1-3-4-15(20)17-14-10-9-13(18-19-14)16-12-7-5-11(2)6-8-12/h5-10H,3-4H2,1-2H3,(H,16,18)(H,17,19,20). The Morgan fingerprint density at radius 2 is 1.70 bits per heavy atom. The van der Waals surface area contributed by atoms with Crippen LogP contribution in [0.4, 0.5) is 17.3 Å². The SMILES string of the molecule is CCCC(=O)Nc1ccc(Nc2ccc(C)cc2)nn1. The zero-order valence-electron chi connectivity index (χ0n) is 11.7. The molecule has 1 aromatic carbocycles. The van der Waals surface area contributed by atoms with E-state index in [4.69, 9.17) is 0 Å². The van der Waals surface area contributed by atoms with Crippen LogP contribution in [0.3, 0.4) is 0 Å². The molecule has 5 nitrogen and oxygen atoms in total. The highest BCUT2D eigenvalue weighted by Gasteiger charge is 2.03. The van der Waals surface area contributed by atoms with Crippen LogP contribution in [0.25, 0.3) is 0 Å². The number of aryl methyl sites for hydroxylation is 1. The van der Waals surface area contributed by atoms with Crippen molar-refractivity contribution in [3.05, 3.63) is 42.0 Å². The predicted molar refractivity (Wildman–Crippen MR) is 80.0 cm³/mol. The van der Waals surface area contributed by atoms with Crippen LogP contribution < -0.4 is 10.6 Å². The Morgan fingerprint density at radius 3 is 2.30 bits per heavy atom. The average molecular weight is 270 g/mol. The Balaban J connectivity index is 1.97. The summed E-state index contributed by atoms with van der Waals surface area (Å²) in [5.41, 5.74) is 2.16. The summed E-state index contributed by atoms with van der Waals surface area (Å²) in [5.74, 6) is 1.07. The van der Waals surface area contributed by atoms with Gasteiger partial charge in [0.15, 0.2) is 11.6 Å². The number of nitrogens with one attached hydrogen (secondary N) is 2. The zero-order chi connectivity index (χ0) is 14.4. The van der Waals surface area contributed by atoms with Crippen LogP contribution in [-0.4, -0.2) is 16.1 Å². The Kier molecular flexibility index (Phi) is 4.65. The number of nitrogens with zero attached hydrogens (tertiary/aromatic N) is 2. The van der Waals surface area contributed by atoms with Crippen LogP contribution in [-0.2, 0) is 4.79 Å². The molecule has 0 atom stereocenters. The molecule has 104 valence electrons. The fraction of sp³-hybridized carbons (Fsp3) is 0.267. The molecule has 0 aliphatic heterocycles. The summed E-state index contributed by atoms with van der Waals surface area (Å²) in [5, 5.41) is 13.9. The minimum Gasteiger partial charge on any atom is -0.339 e. The van der Waals surface area contributed by atoms with Crippen LogP contribution in [0.2, 0.25) is 0 Å². The minimum absolute atomic E-state index is 0.0407. The van der Waals surface area contributed by atoms with Gasteiger partial charge in [-0.05, 0) is 37.6 Å². The lowest BCUT2D eigenvalue weighted by Crippen LogP contribution is -2.12. The van der Waals surface area contributed by atoms with Gasteiger partial charge in [0, 0.05) is 12.1 Å². The third kappa shape index (κ3) is 4.05. The molecule has 2 rings (SSSR count). The van der Waals surface area contributed by atoms with E-state index in [1.165, 1.54) is 5.56 Å². The normalized spacial score (nSPS) is 10.1. The van der Waals surface area contributed by atoms with Crippen LogP contribution >= 0.6 is 0 Å². The minimum atomic E-state index is -0.0407. The number of benzene rings is 1. The molecule has 20 heavy (non-hydrogen) atoms. The first-order valence-electron chi connectivity index (χ1n) is 6.64. The van der Waals surface area contributed by atoms with E-state index in [0.717, 1.165) is 12.1 Å². The molecule has 0 aliphatic rings. The van der Waals surface area contributed by atoms with Gasteiger partial charge in [0.25, 0.3) is 0 Å². The van der Waals surface area contributed by atoms with Gasteiger partial charge in [-0.1, -0.05) is 24.6 Å². The number of amides is 1. The lowest BCUT2D eigenvalue weighted by Gasteiger charge is -2.06. The molecule has 2 N–H and O–H groups in total. The lowest BCUT2D eigenvalue weighted by atomic mass is 10.2. The van der Waals surface area contributed by atoms with Crippen molar-refractivity contribution in [1.29, 1.82) is 0 Å². The van der Waals surface area contributed by atoms with Gasteiger partial charge in [0.2, 0.25) is 5.91 Å². The van der Waals surface area contributed by atoms with Crippen molar-refractivity contribution in [2.75, 3.05) is 10.6 Å². The fourth-order valence-electron chi connectivity index (χ4n) is 1.68. The van der Waals surface area contributed by atoms with E-state index in [-0.39, 0.29) is 5.91 Å². The van der Waals surface area contributed by atoms with Crippen molar-refractivity contribution in [3.8, 4) is 0 Å². The van der Waals surface area contributed by atoms with Crippen molar-refractivity contribution < 1.29 is 4.79 Å². The van der Waals surface area contributed by atoms with E-state index in [0.29, 0.717) is 18.1 Å². The molecule has 0 saturated carbocycles. The third-order valence-electron chi connectivity index (χ3n) is 2.73. The van der Waals surface area contributed by atoms with E-state index < -0.39 is 0 Å². The molecule has 1 amide bonds. The Bertz CT molecular complexity index is 563. The Morgan fingerprint density at radius 1 is 1.05 bits per heavy atom. The van der Waals surface area contributed by atoms with Crippen molar-refractivity contribution in [3.63, 3.8) is 0 Å². The molecule has 0 radical (unpaired) electrons. The molecule has 0 spiro atoms. The number of hydrogen-bond acceptors (Lipinski definition) is 4. The average Bonchev–Trinajstić information content (AvgIpc) is 2.44. The molecule has 0 aliphatic carbocycles. The van der Waals surface area contributed by atoms with Crippen molar-refractivity contribution in [2.24, 2.45) is 0 Å². The highest BCUT2D eigenvalue weighted by molar-refractivity contribution is 5.89. The summed E-state index contributed by atoms with van der Waals surface area (Å²) >= 11 is 0. The van der Waals surface area contributed by atoms with Crippen LogP contribution in [0.15, 0.2) is 36.4 Å². The lowest BCUT2D eigenvalue weighted by molar-refractivity contribution is -0.116. The molecular formula is C15H18N4O. The second-order valence-electron chi connectivity index (χ2n) is 4.59. The van der Waals surface area contributed by atoms with E-state index in [9.17, 15) is 4.79 Å². The number of carbonyl (C=O) groups is 1. The van der Waals surface area contributed by atoms with E-state index >= 15 is 0 Å². The number of anilines is 3. The topological polar surface area (TPSA) is 66.9 Å². The Labute approximate surface area is 118 Å². The summed E-state index contributed by atoms with van der Waals surface area (Å²) in [7, 11) is 0. The Hall–Kier alpha value is -2.43. The van der Waals surface area contributed by atoms with E-state index in [2.05, 4.69) is 20.8 Å². The third-order valence-corrected chi connectivity index (χ3v) is 2.73. The van der Waals surface area contributed by atoms with Crippen LogP contribution in [0.1, 0.15) is 25.3 Å². The maximum Gasteiger partial charge on any atom is 0.225 e. The summed E-state index contributed by atoms with van der Waals surface area (Å²) < 4.78 is 0. The van der Waals surface area contributed by atoms with Crippen LogP contribution in [0, 0.1) is 6.92 Å². The first kappa shape index (κ1) is 14.0. The molecule has 0 unspecified atom stereocenters. The fourth-order valence-corrected chi connectivity index (χ4v) is 1.68. The van der Waals surface area contributed by atoms with Gasteiger partial charge >= 0.3 is 0 Å². The molecule has 2 aromatic rings. The van der Waals surface area contributed by atoms with Crippen molar-refractivity contribution >= 4 is 23.2 Å². The zero-order valence-corrected chi connectivity index (χ0v) is 11.7. The second-order valence-corrected chi connectivity index (χ2v) is 4.59. The summed E-state index contributed by atoms with van der Waals surface area (Å²) in [4.78, 5) is 11.4. The first-order valence-corrected chi connectivity index (χ1v) is 6.64.